The van der Waals surface area contributed by atoms with Crippen LogP contribution in [-0.4, -0.2) is 36.8 Å². The first kappa shape index (κ1) is 23.2. The van der Waals surface area contributed by atoms with Gasteiger partial charge in [0.2, 0.25) is 17.7 Å². The quantitative estimate of drug-likeness (QED) is 0.254. The number of anilines is 2. The highest BCUT2D eigenvalue weighted by molar-refractivity contribution is 6.22. The molecule has 2 aromatic carbocycles. The van der Waals surface area contributed by atoms with Crippen LogP contribution in [0.5, 0.6) is 11.5 Å². The Hall–Kier alpha value is -3.94. The van der Waals surface area contributed by atoms with Crippen molar-refractivity contribution >= 4 is 35.1 Å². The Bertz CT molecular complexity index is 1350. The fourth-order valence-electron chi connectivity index (χ4n) is 7.13. The van der Waals surface area contributed by atoms with E-state index < -0.39 is 11.9 Å². The number of para-hydroxylation sites is 2. The van der Waals surface area contributed by atoms with Gasteiger partial charge in [0.05, 0.1) is 35.7 Å². The Labute approximate surface area is 220 Å². The number of ether oxygens (including phenoxy) is 2. The van der Waals surface area contributed by atoms with E-state index in [2.05, 4.69) is 12.2 Å². The Morgan fingerprint density at radius 1 is 0.921 bits per heavy atom. The molecule has 4 fully saturated rings. The molecular weight excluding hydrogens is 484 g/mol. The first-order chi connectivity index (χ1) is 18.5. The molecule has 2 heterocycles. The highest BCUT2D eigenvalue weighted by atomic mass is 16.5. The zero-order valence-electron chi connectivity index (χ0n) is 21.0. The molecule has 0 unspecified atom stereocenters. The van der Waals surface area contributed by atoms with Gasteiger partial charge < -0.3 is 14.4 Å². The molecule has 6 aliphatic rings. The second-order valence-corrected chi connectivity index (χ2v) is 10.9. The SMILES string of the molecule is CCOc1ccccc1N1C[C@H](C(=O)Oc2ccc(N3C(=O)[C@@H]4[C@H]5C=C[C@@H]([C@@H]6C[C@@H]56)[C@H]4C3=O)cc2)CC1=O. The predicted molar refractivity (Wildman–Crippen MR) is 137 cm³/mol. The van der Waals surface area contributed by atoms with Crippen molar-refractivity contribution in [1.82, 2.24) is 0 Å². The lowest BCUT2D eigenvalue weighted by atomic mass is 9.63. The molecular formula is C30H28N2O6. The topological polar surface area (TPSA) is 93.2 Å². The number of carbonyl (C=O) groups is 4. The van der Waals surface area contributed by atoms with Crippen molar-refractivity contribution in [2.24, 2.45) is 41.4 Å². The van der Waals surface area contributed by atoms with E-state index >= 15 is 0 Å². The monoisotopic (exact) mass is 512 g/mol. The van der Waals surface area contributed by atoms with Crippen LogP contribution in [0.25, 0.3) is 0 Å². The van der Waals surface area contributed by atoms with E-state index in [-0.39, 0.29) is 54.4 Å². The maximum Gasteiger partial charge on any atom is 0.316 e. The highest BCUT2D eigenvalue weighted by Gasteiger charge is 2.67. The molecule has 2 bridgehead atoms. The lowest BCUT2D eigenvalue weighted by molar-refractivity contribution is -0.139. The number of allylic oxidation sites excluding steroid dienone is 2. The molecule has 2 saturated carbocycles. The third-order valence-electron chi connectivity index (χ3n) is 8.89. The fourth-order valence-corrected chi connectivity index (χ4v) is 7.13. The Kier molecular flexibility index (Phi) is 5.22. The van der Waals surface area contributed by atoms with Crippen molar-refractivity contribution in [3.05, 3.63) is 60.7 Å². The lowest BCUT2D eigenvalue weighted by Gasteiger charge is -2.37. The molecule has 0 aromatic heterocycles. The summed E-state index contributed by atoms with van der Waals surface area (Å²) in [5.41, 5.74) is 1.14. The van der Waals surface area contributed by atoms with Crippen LogP contribution in [0.1, 0.15) is 19.8 Å². The van der Waals surface area contributed by atoms with Crippen LogP contribution < -0.4 is 19.3 Å². The van der Waals surface area contributed by atoms with Gasteiger partial charge in [-0.15, -0.1) is 0 Å². The average Bonchev–Trinajstić information content (AvgIpc) is 3.60. The predicted octanol–water partition coefficient (Wildman–Crippen LogP) is 3.60. The number of benzene rings is 2. The molecule has 3 amide bonds. The molecule has 0 radical (unpaired) electrons. The van der Waals surface area contributed by atoms with Crippen LogP contribution >= 0.6 is 0 Å². The molecule has 8 rings (SSSR count). The smallest absolute Gasteiger partial charge is 0.316 e. The number of hydrogen-bond acceptors (Lipinski definition) is 6. The third-order valence-corrected chi connectivity index (χ3v) is 8.89. The minimum atomic E-state index is -0.615. The van der Waals surface area contributed by atoms with E-state index in [0.29, 0.717) is 41.3 Å². The molecule has 4 aliphatic carbocycles. The third kappa shape index (κ3) is 3.42. The number of amides is 3. The molecule has 2 aliphatic heterocycles. The second-order valence-electron chi connectivity index (χ2n) is 10.9. The van der Waals surface area contributed by atoms with Crippen molar-refractivity contribution in [2.45, 2.75) is 19.8 Å². The van der Waals surface area contributed by atoms with Gasteiger partial charge in [0, 0.05) is 13.0 Å². The Balaban J connectivity index is 1.03. The van der Waals surface area contributed by atoms with Crippen molar-refractivity contribution in [3.8, 4) is 11.5 Å². The molecule has 0 spiro atoms. The highest BCUT2D eigenvalue weighted by Crippen LogP contribution is 2.65. The number of nitrogens with zero attached hydrogens (tertiary/aromatic N) is 2. The van der Waals surface area contributed by atoms with Crippen LogP contribution in [0, 0.1) is 41.4 Å². The summed E-state index contributed by atoms with van der Waals surface area (Å²) < 4.78 is 11.2. The summed E-state index contributed by atoms with van der Waals surface area (Å²) in [4.78, 5) is 55.2. The van der Waals surface area contributed by atoms with Crippen molar-refractivity contribution in [3.63, 3.8) is 0 Å². The summed E-state index contributed by atoms with van der Waals surface area (Å²) in [7, 11) is 0. The summed E-state index contributed by atoms with van der Waals surface area (Å²) in [5, 5.41) is 0. The van der Waals surface area contributed by atoms with Gasteiger partial charge in [-0.25, -0.2) is 0 Å². The summed E-state index contributed by atoms with van der Waals surface area (Å²) in [6, 6.07) is 13.8. The number of carbonyl (C=O) groups excluding carboxylic acids is 4. The van der Waals surface area contributed by atoms with Gasteiger partial charge in [0.15, 0.2) is 0 Å². The van der Waals surface area contributed by atoms with E-state index in [0.717, 1.165) is 6.42 Å². The van der Waals surface area contributed by atoms with E-state index in [9.17, 15) is 19.2 Å². The summed E-state index contributed by atoms with van der Waals surface area (Å²) in [6.07, 6.45) is 5.48. The normalized spacial score (nSPS) is 32.4. The standard InChI is InChI=1S/C30H28N2O6/c1-2-37-24-6-4-3-5-23(24)31-15-16(13-25(31)33)30(36)38-18-9-7-17(8-10-18)32-28(34)26-19-11-12-20(22-14-21(19)22)27(26)29(32)35/h3-12,16,19-22,26-27H,2,13-15H2,1H3/t16-,19+,20+,21+,22+,26-,27-/m1/s1. The largest absolute Gasteiger partial charge is 0.492 e. The molecule has 2 saturated heterocycles. The van der Waals surface area contributed by atoms with Gasteiger partial charge in [-0.1, -0.05) is 24.3 Å². The second kappa shape index (κ2) is 8.55. The maximum absolute atomic E-state index is 13.3. The molecule has 2 aromatic rings. The van der Waals surface area contributed by atoms with Gasteiger partial charge in [0.1, 0.15) is 11.5 Å². The molecule has 38 heavy (non-hydrogen) atoms. The zero-order chi connectivity index (χ0) is 26.1. The van der Waals surface area contributed by atoms with E-state index in [1.165, 1.54) is 4.90 Å². The van der Waals surface area contributed by atoms with Gasteiger partial charge in [-0.2, -0.15) is 0 Å². The van der Waals surface area contributed by atoms with E-state index in [1.807, 2.05) is 19.1 Å². The molecule has 194 valence electrons. The van der Waals surface area contributed by atoms with Crippen LogP contribution in [0.3, 0.4) is 0 Å². The molecule has 7 atom stereocenters. The molecule has 8 nitrogen and oxygen atoms in total. The fraction of sp³-hybridized carbons (Fsp3) is 0.400. The van der Waals surface area contributed by atoms with Gasteiger partial charge in [0.25, 0.3) is 0 Å². The van der Waals surface area contributed by atoms with Crippen LogP contribution in [-0.2, 0) is 19.2 Å². The average molecular weight is 513 g/mol. The Morgan fingerprint density at radius 3 is 2.24 bits per heavy atom. The first-order valence-corrected chi connectivity index (χ1v) is 13.4. The van der Waals surface area contributed by atoms with Crippen molar-refractivity contribution in [2.75, 3.05) is 23.0 Å². The Morgan fingerprint density at radius 2 is 1.58 bits per heavy atom. The summed E-state index contributed by atoms with van der Waals surface area (Å²) in [5.74, 6) is 0.325. The van der Waals surface area contributed by atoms with Gasteiger partial charge in [-0.3, -0.25) is 24.1 Å². The molecule has 0 N–H and O–H groups in total. The van der Waals surface area contributed by atoms with Crippen molar-refractivity contribution < 1.29 is 28.7 Å². The van der Waals surface area contributed by atoms with E-state index in [1.54, 1.807) is 41.3 Å². The number of imide groups is 1. The van der Waals surface area contributed by atoms with Gasteiger partial charge >= 0.3 is 5.97 Å². The maximum atomic E-state index is 13.3. The van der Waals surface area contributed by atoms with Gasteiger partial charge in [-0.05, 0) is 73.4 Å². The van der Waals surface area contributed by atoms with Crippen LogP contribution in [0.15, 0.2) is 60.7 Å². The van der Waals surface area contributed by atoms with E-state index in [4.69, 9.17) is 9.47 Å². The van der Waals surface area contributed by atoms with Crippen LogP contribution in [0.4, 0.5) is 11.4 Å². The van der Waals surface area contributed by atoms with Crippen LogP contribution in [0.2, 0.25) is 0 Å². The lowest BCUT2D eigenvalue weighted by Crippen LogP contribution is -2.40. The molecule has 8 heteroatoms. The van der Waals surface area contributed by atoms with Crippen molar-refractivity contribution in [1.29, 1.82) is 0 Å². The minimum absolute atomic E-state index is 0.0509. The number of rotatable bonds is 6. The summed E-state index contributed by atoms with van der Waals surface area (Å²) >= 11 is 0. The zero-order valence-corrected chi connectivity index (χ0v) is 21.0. The minimum Gasteiger partial charge on any atom is -0.492 e. The number of hydrogen-bond donors (Lipinski definition) is 0. The summed E-state index contributed by atoms with van der Waals surface area (Å²) in [6.45, 7) is 2.55. The number of esters is 1. The first-order valence-electron chi connectivity index (χ1n) is 13.4.